The number of esters is 1. The molecular weight excluding hydrogens is 446 g/mol. The van der Waals surface area contributed by atoms with Crippen molar-refractivity contribution < 1.29 is 19.1 Å². The standard InChI is InChI=1S/C24H28ClN3O5/c1-26-13-16(11-21(26)29)15-33-20-12-22(30)28-10-9-27(14-17-5-3-4-6-18(17)25)8-7-19(28)23(20)24(31)32-2/h3-6,12,16H,7-11,13-15H2,1-2H3/t16-/m1/s1. The van der Waals surface area contributed by atoms with Gasteiger partial charge >= 0.3 is 5.97 Å². The molecule has 0 aliphatic carbocycles. The van der Waals surface area contributed by atoms with Crippen LogP contribution in [0.1, 0.15) is 28.0 Å². The highest BCUT2D eigenvalue weighted by Gasteiger charge is 2.30. The number of hydrogen-bond donors (Lipinski definition) is 0. The Labute approximate surface area is 197 Å². The Morgan fingerprint density at radius 2 is 1.97 bits per heavy atom. The van der Waals surface area contributed by atoms with Crippen LogP contribution in [0.3, 0.4) is 0 Å². The number of benzene rings is 1. The lowest BCUT2D eigenvalue weighted by Gasteiger charge is -2.20. The summed E-state index contributed by atoms with van der Waals surface area (Å²) in [5.74, 6) is -0.231. The molecule has 2 aromatic rings. The summed E-state index contributed by atoms with van der Waals surface area (Å²) in [6.45, 7) is 3.25. The Kier molecular flexibility index (Phi) is 7.05. The van der Waals surface area contributed by atoms with Crippen LogP contribution in [0.15, 0.2) is 35.1 Å². The monoisotopic (exact) mass is 473 g/mol. The molecule has 8 nitrogen and oxygen atoms in total. The molecule has 1 saturated heterocycles. The molecule has 0 N–H and O–H groups in total. The first-order chi connectivity index (χ1) is 15.9. The maximum atomic E-state index is 12.9. The number of amides is 1. The lowest BCUT2D eigenvalue weighted by atomic mass is 10.1. The van der Waals surface area contributed by atoms with E-state index in [1.165, 1.54) is 13.2 Å². The molecule has 3 heterocycles. The molecule has 0 spiro atoms. The number of ether oxygens (including phenoxy) is 2. The lowest BCUT2D eigenvalue weighted by molar-refractivity contribution is -0.126. The van der Waals surface area contributed by atoms with Crippen molar-refractivity contribution in [3.05, 3.63) is 62.5 Å². The molecule has 176 valence electrons. The molecule has 0 unspecified atom stereocenters. The third kappa shape index (κ3) is 5.07. The van der Waals surface area contributed by atoms with E-state index in [9.17, 15) is 14.4 Å². The van der Waals surface area contributed by atoms with Crippen molar-refractivity contribution in [3.63, 3.8) is 0 Å². The third-order valence-corrected chi connectivity index (χ3v) is 6.69. The maximum Gasteiger partial charge on any atom is 0.343 e. The first-order valence-corrected chi connectivity index (χ1v) is 11.4. The Balaban J connectivity index is 1.57. The molecular formula is C24H28ClN3O5. The van der Waals surface area contributed by atoms with Crippen molar-refractivity contribution >= 4 is 23.5 Å². The number of nitrogens with zero attached hydrogens (tertiary/aromatic N) is 3. The zero-order valence-corrected chi connectivity index (χ0v) is 19.6. The maximum absolute atomic E-state index is 12.9. The van der Waals surface area contributed by atoms with Crippen LogP contribution in [0.4, 0.5) is 0 Å². The summed E-state index contributed by atoms with van der Waals surface area (Å²) >= 11 is 6.33. The summed E-state index contributed by atoms with van der Waals surface area (Å²) in [5.41, 5.74) is 1.71. The summed E-state index contributed by atoms with van der Waals surface area (Å²) in [5, 5.41) is 0.707. The zero-order chi connectivity index (χ0) is 23.5. The molecule has 4 rings (SSSR count). The second kappa shape index (κ2) is 9.97. The molecule has 1 aromatic heterocycles. The van der Waals surface area contributed by atoms with E-state index in [4.69, 9.17) is 21.1 Å². The fraction of sp³-hybridized carbons (Fsp3) is 0.458. The van der Waals surface area contributed by atoms with Crippen molar-refractivity contribution in [2.24, 2.45) is 5.92 Å². The van der Waals surface area contributed by atoms with E-state index < -0.39 is 5.97 Å². The summed E-state index contributed by atoms with van der Waals surface area (Å²) in [6, 6.07) is 9.06. The fourth-order valence-corrected chi connectivity index (χ4v) is 4.73. The van der Waals surface area contributed by atoms with E-state index in [0.29, 0.717) is 56.3 Å². The van der Waals surface area contributed by atoms with E-state index in [2.05, 4.69) is 4.90 Å². The number of aromatic nitrogens is 1. The molecule has 2 aliphatic heterocycles. The number of carbonyl (C=O) groups is 2. The van der Waals surface area contributed by atoms with E-state index in [1.807, 2.05) is 24.3 Å². The lowest BCUT2D eigenvalue weighted by Crippen LogP contribution is -2.29. The number of rotatable bonds is 6. The van der Waals surface area contributed by atoms with Crippen molar-refractivity contribution in [2.75, 3.05) is 40.4 Å². The molecule has 1 amide bonds. The van der Waals surface area contributed by atoms with Crippen LogP contribution < -0.4 is 10.3 Å². The Bertz CT molecular complexity index is 1120. The molecule has 0 saturated carbocycles. The zero-order valence-electron chi connectivity index (χ0n) is 18.9. The highest BCUT2D eigenvalue weighted by molar-refractivity contribution is 6.31. The van der Waals surface area contributed by atoms with Gasteiger partial charge in [-0.05, 0) is 11.6 Å². The van der Waals surface area contributed by atoms with Gasteiger partial charge in [-0.2, -0.15) is 0 Å². The van der Waals surface area contributed by atoms with Gasteiger partial charge in [0.25, 0.3) is 5.56 Å². The molecule has 1 aromatic carbocycles. The average Bonchev–Trinajstić information content (AvgIpc) is 2.98. The summed E-state index contributed by atoms with van der Waals surface area (Å²) < 4.78 is 12.6. The van der Waals surface area contributed by atoms with Gasteiger partial charge in [-0.25, -0.2) is 4.79 Å². The summed E-state index contributed by atoms with van der Waals surface area (Å²) in [4.78, 5) is 41.4. The minimum atomic E-state index is -0.534. The van der Waals surface area contributed by atoms with Gasteiger partial charge < -0.3 is 18.9 Å². The smallest absolute Gasteiger partial charge is 0.343 e. The highest BCUT2D eigenvalue weighted by Crippen LogP contribution is 2.26. The largest absolute Gasteiger partial charge is 0.492 e. The van der Waals surface area contributed by atoms with Gasteiger partial charge in [0.2, 0.25) is 5.91 Å². The van der Waals surface area contributed by atoms with Gasteiger partial charge in [0.05, 0.1) is 13.7 Å². The molecule has 9 heteroatoms. The quantitative estimate of drug-likeness (QED) is 0.598. The van der Waals surface area contributed by atoms with E-state index in [0.717, 1.165) is 5.56 Å². The van der Waals surface area contributed by atoms with E-state index in [1.54, 1.807) is 16.5 Å². The molecule has 0 radical (unpaired) electrons. The van der Waals surface area contributed by atoms with Crippen molar-refractivity contribution in [1.82, 2.24) is 14.4 Å². The van der Waals surface area contributed by atoms with Crippen LogP contribution in [0, 0.1) is 5.92 Å². The molecule has 2 aliphatic rings. The molecule has 0 bridgehead atoms. The van der Waals surface area contributed by atoms with E-state index >= 15 is 0 Å². The number of halogens is 1. The number of likely N-dealkylation sites (tertiary alicyclic amines) is 1. The predicted molar refractivity (Wildman–Crippen MR) is 124 cm³/mol. The van der Waals surface area contributed by atoms with Crippen LogP contribution in [0.2, 0.25) is 5.02 Å². The normalized spacial score (nSPS) is 18.7. The van der Waals surface area contributed by atoms with Gasteiger partial charge in [-0.3, -0.25) is 14.5 Å². The highest BCUT2D eigenvalue weighted by atomic mass is 35.5. The van der Waals surface area contributed by atoms with Gasteiger partial charge in [-0.1, -0.05) is 29.8 Å². The molecule has 33 heavy (non-hydrogen) atoms. The topological polar surface area (TPSA) is 81.1 Å². The minimum absolute atomic E-state index is 0.0145. The van der Waals surface area contributed by atoms with Crippen molar-refractivity contribution in [1.29, 1.82) is 0 Å². The van der Waals surface area contributed by atoms with Gasteiger partial charge in [0.1, 0.15) is 11.3 Å². The number of carbonyl (C=O) groups excluding carboxylic acids is 2. The fourth-order valence-electron chi connectivity index (χ4n) is 4.53. The number of pyridine rings is 1. The van der Waals surface area contributed by atoms with Crippen LogP contribution in [0.25, 0.3) is 0 Å². The van der Waals surface area contributed by atoms with Crippen LogP contribution >= 0.6 is 11.6 Å². The van der Waals surface area contributed by atoms with Gasteiger partial charge in [0, 0.05) is 75.3 Å². The van der Waals surface area contributed by atoms with Crippen molar-refractivity contribution in [3.8, 4) is 5.75 Å². The SMILES string of the molecule is COC(=O)c1c(OC[C@@H]2CC(=O)N(C)C2)cc(=O)n2c1CCN(Cc1ccccc1Cl)CC2. The first-order valence-electron chi connectivity index (χ1n) is 11.0. The van der Waals surface area contributed by atoms with Crippen LogP contribution in [0.5, 0.6) is 5.75 Å². The summed E-state index contributed by atoms with van der Waals surface area (Å²) in [7, 11) is 3.07. The Morgan fingerprint density at radius 1 is 1.18 bits per heavy atom. The van der Waals surface area contributed by atoms with Gasteiger partial charge in [-0.15, -0.1) is 0 Å². The summed E-state index contributed by atoms with van der Waals surface area (Å²) in [6.07, 6.45) is 0.886. The predicted octanol–water partition coefficient (Wildman–Crippen LogP) is 2.20. The number of methoxy groups -OCH3 is 1. The number of fused-ring (bicyclic) bond motifs is 1. The second-order valence-corrected chi connectivity index (χ2v) is 8.99. The van der Waals surface area contributed by atoms with Crippen LogP contribution in [-0.4, -0.2) is 66.6 Å². The third-order valence-electron chi connectivity index (χ3n) is 6.32. The Hall–Kier alpha value is -2.84. The first kappa shape index (κ1) is 23.3. The molecule has 1 fully saturated rings. The second-order valence-electron chi connectivity index (χ2n) is 8.58. The Morgan fingerprint density at radius 3 is 2.67 bits per heavy atom. The molecule has 1 atom stereocenters. The van der Waals surface area contributed by atoms with Crippen molar-refractivity contribution in [2.45, 2.75) is 25.9 Å². The average molecular weight is 474 g/mol. The number of hydrogen-bond acceptors (Lipinski definition) is 6. The van der Waals surface area contributed by atoms with Crippen LogP contribution in [-0.2, 0) is 29.0 Å². The van der Waals surface area contributed by atoms with Gasteiger partial charge in [0.15, 0.2) is 0 Å². The minimum Gasteiger partial charge on any atom is -0.492 e. The van der Waals surface area contributed by atoms with E-state index in [-0.39, 0.29) is 35.3 Å².